The number of alkyl halides is 1. The second-order valence-electron chi connectivity index (χ2n) is 9.55. The number of nitrogens with two attached hydrogens (primary N) is 1. The molecule has 4 N–H and O–H groups in total. The van der Waals surface area contributed by atoms with Crippen molar-refractivity contribution >= 4 is 47.3 Å². The van der Waals surface area contributed by atoms with E-state index in [4.69, 9.17) is 36.1 Å². The number of nitrogens with zero attached hydrogens (tertiary/aromatic N) is 5. The monoisotopic (exact) mass is 597 g/mol. The molecule has 1 aliphatic rings. The summed E-state index contributed by atoms with van der Waals surface area (Å²) in [6.45, 7) is 0.860. The standard InChI is InChI=1S/C24H33FN7O6PS/c1-6-35-21(34)14(2)30-39(40,38-15-10-8-7-9-11-15)36-12-16-18(33)24(3,25)22(37-16)32-13-27-17-19(31(4)5)28-23(26)29-20(17)32/h7-11,13-14,16,18,22,33H,6,12H2,1-5H3,(H,30,40)(H2,26,28,29)/t14-,16+,18+,22+,24+,39-/m0/s1. The number of anilines is 2. The van der Waals surface area contributed by atoms with Gasteiger partial charge in [0.1, 0.15) is 24.0 Å². The molecule has 16 heteroatoms. The van der Waals surface area contributed by atoms with Gasteiger partial charge in [0.2, 0.25) is 5.95 Å². The third-order valence-electron chi connectivity index (χ3n) is 6.18. The molecule has 0 aliphatic carbocycles. The van der Waals surface area contributed by atoms with Crippen LogP contribution < -0.4 is 20.2 Å². The van der Waals surface area contributed by atoms with Crippen molar-refractivity contribution in [3.05, 3.63) is 36.7 Å². The van der Waals surface area contributed by atoms with Gasteiger partial charge in [0.05, 0.1) is 19.5 Å². The topological polar surface area (TPSA) is 159 Å². The summed E-state index contributed by atoms with van der Waals surface area (Å²) in [4.78, 5) is 26.7. The molecule has 0 spiro atoms. The number of carbonyl (C=O) groups excluding carboxylic acids is 1. The molecule has 0 radical (unpaired) electrons. The molecule has 0 saturated carbocycles. The maximum Gasteiger partial charge on any atom is 0.323 e. The molecule has 1 fully saturated rings. The van der Waals surface area contributed by atoms with Crippen molar-refractivity contribution in [2.45, 2.75) is 50.9 Å². The Labute approximate surface area is 236 Å². The van der Waals surface area contributed by atoms with Crippen molar-refractivity contribution in [1.29, 1.82) is 0 Å². The molecule has 40 heavy (non-hydrogen) atoms. The number of para-hydroxylation sites is 1. The minimum absolute atomic E-state index is 0.0301. The summed E-state index contributed by atoms with van der Waals surface area (Å²) in [5, 5.41) is 13.8. The van der Waals surface area contributed by atoms with Gasteiger partial charge >= 0.3 is 12.6 Å². The highest BCUT2D eigenvalue weighted by molar-refractivity contribution is 8.09. The van der Waals surface area contributed by atoms with Gasteiger partial charge in [-0.3, -0.25) is 9.36 Å². The molecule has 4 rings (SSSR count). The molecule has 6 atom stereocenters. The molecule has 1 saturated heterocycles. The fourth-order valence-corrected chi connectivity index (χ4v) is 6.61. The number of hydrogen-bond donors (Lipinski definition) is 3. The van der Waals surface area contributed by atoms with Crippen LogP contribution >= 0.6 is 6.64 Å². The van der Waals surface area contributed by atoms with Crippen LogP contribution in [0.3, 0.4) is 0 Å². The number of ether oxygens (including phenoxy) is 2. The van der Waals surface area contributed by atoms with Crippen molar-refractivity contribution in [2.75, 3.05) is 37.9 Å². The van der Waals surface area contributed by atoms with Gasteiger partial charge in [-0.1, -0.05) is 18.2 Å². The number of hydrogen-bond acceptors (Lipinski definition) is 12. The second-order valence-corrected chi connectivity index (χ2v) is 12.7. The van der Waals surface area contributed by atoms with E-state index in [1.807, 2.05) is 0 Å². The fourth-order valence-electron chi connectivity index (χ4n) is 4.19. The fraction of sp³-hybridized carbons (Fsp3) is 0.500. The zero-order valence-corrected chi connectivity index (χ0v) is 24.4. The SMILES string of the molecule is CCOC(=O)[C@H](C)N[P@](=S)(OC[C@H]1O[C@@H](n2cnc3c(N(C)C)nc(N)nc32)[C@](C)(F)[C@@H]1O)Oc1ccccc1. The Kier molecular flexibility index (Phi) is 8.93. The number of rotatable bonds is 11. The van der Waals surface area contributed by atoms with Crippen LogP contribution in [0, 0.1) is 0 Å². The Hall–Kier alpha value is -2.94. The first-order chi connectivity index (χ1) is 18.9. The van der Waals surface area contributed by atoms with E-state index in [-0.39, 0.29) is 24.8 Å². The van der Waals surface area contributed by atoms with Gasteiger partial charge in [0.15, 0.2) is 28.9 Å². The number of nitrogen functional groups attached to an aromatic ring is 1. The number of imidazole rings is 1. The number of fused-ring (bicyclic) bond motifs is 1. The summed E-state index contributed by atoms with van der Waals surface area (Å²) in [6, 6.07) is 7.79. The minimum Gasteiger partial charge on any atom is -0.465 e. The third-order valence-corrected chi connectivity index (χ3v) is 8.68. The molecule has 3 aromatic rings. The van der Waals surface area contributed by atoms with Gasteiger partial charge in [-0.15, -0.1) is 0 Å². The average Bonchev–Trinajstić information content (AvgIpc) is 3.40. The number of benzene rings is 1. The molecule has 1 aromatic carbocycles. The number of aliphatic hydroxyl groups excluding tert-OH is 1. The van der Waals surface area contributed by atoms with E-state index in [0.717, 1.165) is 0 Å². The number of aromatic nitrogens is 4. The van der Waals surface area contributed by atoms with Crippen molar-refractivity contribution in [3.63, 3.8) is 0 Å². The first kappa shape index (κ1) is 30.0. The summed E-state index contributed by atoms with van der Waals surface area (Å²) in [6.07, 6.45) is -2.75. The number of aliphatic hydroxyl groups is 1. The largest absolute Gasteiger partial charge is 0.465 e. The molecule has 0 amide bonds. The van der Waals surface area contributed by atoms with Gasteiger partial charge in [0, 0.05) is 14.1 Å². The van der Waals surface area contributed by atoms with E-state index in [9.17, 15) is 9.90 Å². The number of carbonyl (C=O) groups is 1. The minimum atomic E-state index is -3.43. The molecule has 218 valence electrons. The number of esters is 1. The molecule has 2 aromatic heterocycles. The quantitative estimate of drug-likeness (QED) is 0.219. The third kappa shape index (κ3) is 6.19. The first-order valence-electron chi connectivity index (χ1n) is 12.5. The van der Waals surface area contributed by atoms with Crippen molar-refractivity contribution in [3.8, 4) is 5.75 Å². The van der Waals surface area contributed by atoms with Crippen molar-refractivity contribution in [1.82, 2.24) is 24.6 Å². The van der Waals surface area contributed by atoms with Crippen LogP contribution in [0.15, 0.2) is 36.7 Å². The highest BCUT2D eigenvalue weighted by atomic mass is 32.5. The number of halogens is 1. The van der Waals surface area contributed by atoms with Crippen molar-refractivity contribution in [2.24, 2.45) is 0 Å². The van der Waals surface area contributed by atoms with Gasteiger partial charge in [-0.05, 0) is 44.7 Å². The lowest BCUT2D eigenvalue weighted by atomic mass is 9.98. The second kappa shape index (κ2) is 11.9. The van der Waals surface area contributed by atoms with Crippen LogP contribution in [-0.4, -0.2) is 81.8 Å². The van der Waals surface area contributed by atoms with Gasteiger partial charge < -0.3 is 34.3 Å². The summed E-state index contributed by atoms with van der Waals surface area (Å²) < 4.78 is 40.4. The predicted molar refractivity (Wildman–Crippen MR) is 150 cm³/mol. The molecule has 13 nitrogen and oxygen atoms in total. The van der Waals surface area contributed by atoms with Crippen LogP contribution in [0.1, 0.15) is 27.0 Å². The van der Waals surface area contributed by atoms with Gasteiger partial charge in [0.25, 0.3) is 0 Å². The number of nitrogens with one attached hydrogen (secondary N) is 1. The van der Waals surface area contributed by atoms with E-state index in [0.29, 0.717) is 17.1 Å². The Balaban J connectivity index is 1.58. The molecule has 3 heterocycles. The summed E-state index contributed by atoms with van der Waals surface area (Å²) in [5.41, 5.74) is 4.23. The first-order valence-corrected chi connectivity index (χ1v) is 15.1. The molecule has 0 unspecified atom stereocenters. The average molecular weight is 598 g/mol. The zero-order valence-electron chi connectivity index (χ0n) is 22.7. The van der Waals surface area contributed by atoms with E-state index in [1.54, 1.807) is 63.2 Å². The zero-order chi connectivity index (χ0) is 29.2. The van der Waals surface area contributed by atoms with Crippen LogP contribution in [0.4, 0.5) is 16.2 Å². The Bertz CT molecular complexity index is 1390. The van der Waals surface area contributed by atoms with Crippen LogP contribution in [-0.2, 0) is 30.6 Å². The summed E-state index contributed by atoms with van der Waals surface area (Å²) >= 11 is 5.69. The molecular formula is C24H33FN7O6PS. The van der Waals surface area contributed by atoms with Crippen LogP contribution in [0.5, 0.6) is 5.75 Å². The lowest BCUT2D eigenvalue weighted by Gasteiger charge is -2.28. The smallest absolute Gasteiger partial charge is 0.323 e. The van der Waals surface area contributed by atoms with Gasteiger partial charge in [-0.2, -0.15) is 9.97 Å². The van der Waals surface area contributed by atoms with E-state index < -0.39 is 42.8 Å². The van der Waals surface area contributed by atoms with Gasteiger partial charge in [-0.25, -0.2) is 14.5 Å². The maximum absolute atomic E-state index is 16.0. The van der Waals surface area contributed by atoms with Crippen LogP contribution in [0.25, 0.3) is 11.2 Å². The molecule has 0 bridgehead atoms. The Morgan fingerprint density at radius 3 is 2.73 bits per heavy atom. The summed E-state index contributed by atoms with van der Waals surface area (Å²) in [7, 11) is 3.53. The highest BCUT2D eigenvalue weighted by Gasteiger charge is 2.56. The maximum atomic E-state index is 16.0. The predicted octanol–water partition coefficient (Wildman–Crippen LogP) is 2.32. The van der Waals surface area contributed by atoms with Crippen LogP contribution in [0.2, 0.25) is 0 Å². The molecule has 1 aliphatic heterocycles. The normalized spacial score (nSPS) is 24.9. The van der Waals surface area contributed by atoms with E-state index in [1.165, 1.54) is 17.8 Å². The van der Waals surface area contributed by atoms with Crippen molar-refractivity contribution < 1.29 is 32.8 Å². The lowest BCUT2D eigenvalue weighted by Crippen LogP contribution is -2.41. The highest BCUT2D eigenvalue weighted by Crippen LogP contribution is 2.48. The summed E-state index contributed by atoms with van der Waals surface area (Å²) in [5.74, 6) is 0.267. The van der Waals surface area contributed by atoms with E-state index >= 15 is 4.39 Å². The molecular weight excluding hydrogens is 564 g/mol. The lowest BCUT2D eigenvalue weighted by molar-refractivity contribution is -0.144. The Morgan fingerprint density at radius 1 is 1.38 bits per heavy atom. The Morgan fingerprint density at radius 2 is 2.08 bits per heavy atom. The van der Waals surface area contributed by atoms with E-state index in [2.05, 4.69) is 20.0 Å².